The van der Waals surface area contributed by atoms with Crippen LogP contribution in [0.4, 0.5) is 0 Å². The SMILES string of the molecule is CC[C@H](C(Cl)=C=C(C)NC(N)O)C(CCl)[C@@H](C)C=NCCl. The second-order valence-electron chi connectivity index (χ2n) is 4.83. The molecule has 4 atom stereocenters. The summed E-state index contributed by atoms with van der Waals surface area (Å²) < 4.78 is 0. The molecule has 0 bridgehead atoms. The highest BCUT2D eigenvalue weighted by Crippen LogP contribution is 2.32. The molecule has 0 aromatic carbocycles. The summed E-state index contributed by atoms with van der Waals surface area (Å²) in [5, 5.41) is 12.3. The van der Waals surface area contributed by atoms with Gasteiger partial charge < -0.3 is 10.4 Å². The van der Waals surface area contributed by atoms with E-state index in [9.17, 15) is 0 Å². The average Bonchev–Trinajstić information content (AvgIpc) is 2.40. The molecule has 0 heterocycles. The van der Waals surface area contributed by atoms with E-state index in [1.165, 1.54) is 0 Å². The van der Waals surface area contributed by atoms with Gasteiger partial charge in [-0.1, -0.05) is 31.2 Å². The number of aliphatic hydroxyl groups excluding tert-OH is 1. The van der Waals surface area contributed by atoms with Gasteiger partial charge in [0.05, 0.1) is 10.7 Å². The molecule has 0 saturated heterocycles. The van der Waals surface area contributed by atoms with Gasteiger partial charge in [-0.05, 0) is 25.2 Å². The number of alkyl halides is 2. The molecule has 7 heteroatoms. The first-order valence-electron chi connectivity index (χ1n) is 6.82. The number of hydrogen-bond acceptors (Lipinski definition) is 4. The molecule has 0 aliphatic carbocycles. The fraction of sp³-hybridized carbons (Fsp3) is 0.714. The fourth-order valence-electron chi connectivity index (χ4n) is 2.13. The maximum Gasteiger partial charge on any atom is 0.179 e. The monoisotopic (exact) mass is 355 g/mol. The molecular weight excluding hydrogens is 333 g/mol. The molecule has 0 aromatic rings. The van der Waals surface area contributed by atoms with E-state index in [0.29, 0.717) is 16.6 Å². The van der Waals surface area contributed by atoms with Crippen molar-refractivity contribution in [1.29, 1.82) is 0 Å². The van der Waals surface area contributed by atoms with Crippen LogP contribution in [0, 0.1) is 17.8 Å². The summed E-state index contributed by atoms with van der Waals surface area (Å²) in [4.78, 5) is 4.06. The van der Waals surface area contributed by atoms with E-state index in [4.69, 9.17) is 45.6 Å². The molecule has 122 valence electrons. The average molecular weight is 357 g/mol. The Hall–Kier alpha value is -0.220. The van der Waals surface area contributed by atoms with Gasteiger partial charge in [-0.3, -0.25) is 10.7 Å². The van der Waals surface area contributed by atoms with Crippen LogP contribution in [-0.2, 0) is 0 Å². The predicted molar refractivity (Wildman–Crippen MR) is 91.8 cm³/mol. The van der Waals surface area contributed by atoms with Gasteiger partial charge in [0.1, 0.15) is 6.00 Å². The maximum absolute atomic E-state index is 9.07. The topological polar surface area (TPSA) is 70.6 Å². The van der Waals surface area contributed by atoms with Crippen LogP contribution < -0.4 is 11.1 Å². The van der Waals surface area contributed by atoms with Crippen LogP contribution >= 0.6 is 34.8 Å². The third-order valence-electron chi connectivity index (χ3n) is 3.22. The highest BCUT2D eigenvalue weighted by atomic mass is 35.5. The van der Waals surface area contributed by atoms with Gasteiger partial charge in [-0.2, -0.15) is 0 Å². The van der Waals surface area contributed by atoms with Crippen LogP contribution in [0.5, 0.6) is 0 Å². The van der Waals surface area contributed by atoms with Crippen molar-refractivity contribution in [3.05, 3.63) is 16.5 Å². The molecule has 0 spiro atoms. The standard InChI is InChI=1S/C14H24Cl3N3O/c1-4-11(12(6-15)9(2)7-19-8-16)13(17)5-10(3)20-14(18)21/h7,9,11-12,14,20-21H,4,6,8,18H2,1-3H3/t5?,9-,11-,12?,14?/m0/s1. The van der Waals surface area contributed by atoms with Gasteiger partial charge in [0.25, 0.3) is 0 Å². The largest absolute Gasteiger partial charge is 0.361 e. The number of nitrogens with one attached hydrogen (secondary N) is 1. The quantitative estimate of drug-likeness (QED) is 0.195. The Morgan fingerprint density at radius 1 is 1.48 bits per heavy atom. The zero-order chi connectivity index (χ0) is 16.4. The van der Waals surface area contributed by atoms with Crippen molar-refractivity contribution < 1.29 is 5.11 Å². The number of aliphatic hydroxyl groups is 1. The Morgan fingerprint density at radius 3 is 2.52 bits per heavy atom. The van der Waals surface area contributed by atoms with Crippen molar-refractivity contribution in [2.75, 3.05) is 11.9 Å². The molecule has 4 nitrogen and oxygen atoms in total. The van der Waals surface area contributed by atoms with Crippen LogP contribution in [0.3, 0.4) is 0 Å². The summed E-state index contributed by atoms with van der Waals surface area (Å²) >= 11 is 18.0. The molecule has 4 N–H and O–H groups in total. The third kappa shape index (κ3) is 8.10. The molecule has 0 aliphatic heterocycles. The smallest absolute Gasteiger partial charge is 0.179 e. The minimum absolute atomic E-state index is 0.0487. The summed E-state index contributed by atoms with van der Waals surface area (Å²) in [7, 11) is 0. The lowest BCUT2D eigenvalue weighted by molar-refractivity contribution is 0.157. The minimum atomic E-state index is -1.14. The van der Waals surface area contributed by atoms with E-state index in [2.05, 4.69) is 16.0 Å². The number of nitrogens with two attached hydrogens (primary N) is 1. The molecule has 0 saturated carbocycles. The Balaban J connectivity index is 5.26. The first-order chi connectivity index (χ1) is 9.87. The Kier molecular flexibility index (Phi) is 11.2. The summed E-state index contributed by atoms with van der Waals surface area (Å²) in [6.45, 7) is 5.81. The van der Waals surface area contributed by atoms with Gasteiger partial charge in [0.2, 0.25) is 0 Å². The van der Waals surface area contributed by atoms with Crippen LogP contribution in [0.15, 0.2) is 21.5 Å². The van der Waals surface area contributed by atoms with Crippen molar-refractivity contribution in [3.8, 4) is 0 Å². The van der Waals surface area contributed by atoms with Crippen molar-refractivity contribution in [1.82, 2.24) is 5.32 Å². The highest BCUT2D eigenvalue weighted by Gasteiger charge is 2.26. The van der Waals surface area contributed by atoms with E-state index in [1.807, 2.05) is 20.1 Å². The second kappa shape index (κ2) is 11.4. The van der Waals surface area contributed by atoms with Crippen molar-refractivity contribution in [3.63, 3.8) is 0 Å². The van der Waals surface area contributed by atoms with Crippen LogP contribution in [0.25, 0.3) is 0 Å². The zero-order valence-corrected chi connectivity index (χ0v) is 14.9. The molecule has 0 aliphatic rings. The Labute approximate surface area is 142 Å². The minimum Gasteiger partial charge on any atom is -0.361 e. The Morgan fingerprint density at radius 2 is 2.10 bits per heavy atom. The summed E-state index contributed by atoms with van der Waals surface area (Å²) in [6, 6.07) is 0.233. The summed E-state index contributed by atoms with van der Waals surface area (Å²) in [5.74, 6) is 0.777. The summed E-state index contributed by atoms with van der Waals surface area (Å²) in [6.07, 6.45) is 1.49. The number of aliphatic imine (C=N–C) groups is 1. The first-order valence-corrected chi connectivity index (χ1v) is 8.26. The first kappa shape index (κ1) is 20.8. The lowest BCUT2D eigenvalue weighted by atomic mass is 9.82. The number of halogens is 3. The van der Waals surface area contributed by atoms with E-state index >= 15 is 0 Å². The van der Waals surface area contributed by atoms with Gasteiger partial charge in [-0.25, -0.2) is 0 Å². The lowest BCUT2D eigenvalue weighted by Gasteiger charge is -2.26. The molecule has 0 radical (unpaired) electrons. The van der Waals surface area contributed by atoms with E-state index in [0.717, 1.165) is 6.42 Å². The lowest BCUT2D eigenvalue weighted by Crippen LogP contribution is -2.35. The summed E-state index contributed by atoms with van der Waals surface area (Å²) in [5.41, 5.74) is 8.83. The predicted octanol–water partition coefficient (Wildman–Crippen LogP) is 3.22. The molecular formula is C14H24Cl3N3O. The zero-order valence-electron chi connectivity index (χ0n) is 12.6. The number of rotatable bonds is 9. The Bertz CT molecular complexity index is 393. The van der Waals surface area contributed by atoms with E-state index < -0.39 is 6.35 Å². The molecule has 0 aromatic heterocycles. The molecule has 21 heavy (non-hydrogen) atoms. The van der Waals surface area contributed by atoms with Crippen molar-refractivity contribution in [2.24, 2.45) is 28.5 Å². The molecule has 0 amide bonds. The van der Waals surface area contributed by atoms with Gasteiger partial charge in [-0.15, -0.1) is 23.2 Å². The highest BCUT2D eigenvalue weighted by molar-refractivity contribution is 6.29. The van der Waals surface area contributed by atoms with Crippen molar-refractivity contribution in [2.45, 2.75) is 33.5 Å². The van der Waals surface area contributed by atoms with Crippen LogP contribution in [0.2, 0.25) is 0 Å². The normalized spacial score (nSPS) is 17.0. The number of nitrogens with zero attached hydrogens (tertiary/aromatic N) is 1. The molecule has 2 unspecified atom stereocenters. The van der Waals surface area contributed by atoms with Crippen LogP contribution in [0.1, 0.15) is 27.2 Å². The second-order valence-corrected chi connectivity index (χ2v) is 5.79. The van der Waals surface area contributed by atoms with Crippen molar-refractivity contribution >= 4 is 41.0 Å². The van der Waals surface area contributed by atoms with Gasteiger partial charge >= 0.3 is 0 Å². The molecule has 0 rings (SSSR count). The fourth-order valence-corrected chi connectivity index (χ4v) is 3.16. The molecule has 0 fully saturated rings. The number of allylic oxidation sites excluding steroid dienone is 1. The van der Waals surface area contributed by atoms with Crippen LogP contribution in [-0.4, -0.2) is 29.6 Å². The van der Waals surface area contributed by atoms with Gasteiger partial charge in [0.15, 0.2) is 6.35 Å². The van der Waals surface area contributed by atoms with Gasteiger partial charge in [0, 0.05) is 18.0 Å². The number of hydrogen-bond donors (Lipinski definition) is 3. The van der Waals surface area contributed by atoms with E-state index in [1.54, 1.807) is 6.92 Å². The maximum atomic E-state index is 9.07. The van der Waals surface area contributed by atoms with E-state index in [-0.39, 0.29) is 23.8 Å². The third-order valence-corrected chi connectivity index (χ3v) is 4.09.